The van der Waals surface area contributed by atoms with Crippen molar-refractivity contribution >= 4 is 72.4 Å². The Morgan fingerprint density at radius 3 is 1.14 bits per heavy atom. The Bertz CT molecular complexity index is 2700. The summed E-state index contributed by atoms with van der Waals surface area (Å²) in [6.07, 6.45) is 15.3. The lowest BCUT2D eigenvalue weighted by atomic mass is 10.1. The molecule has 0 unspecified atom stereocenters. The molecular weight excluding hydrogens is 641 g/mol. The maximum absolute atomic E-state index is 4.48. The minimum Gasteiger partial charge on any atom is -0.309 e. The predicted octanol–water partition coefficient (Wildman–Crippen LogP) is 6.82. The summed E-state index contributed by atoms with van der Waals surface area (Å²) in [6, 6.07) is 45.1. The summed E-state index contributed by atoms with van der Waals surface area (Å²) in [4.78, 5) is 17.9. The molecular formula is C44H28N6Si. The van der Waals surface area contributed by atoms with Crippen LogP contribution in [0.1, 0.15) is 0 Å². The molecule has 7 heteroatoms. The fraction of sp³-hybridized carbons (Fsp3) is 0. The first-order chi connectivity index (χ1) is 25.3. The normalized spacial score (nSPS) is 13.3. The van der Waals surface area contributed by atoms with E-state index in [9.17, 15) is 0 Å². The van der Waals surface area contributed by atoms with Crippen molar-refractivity contribution in [1.29, 1.82) is 0 Å². The number of hydrogen-bond acceptors (Lipinski definition) is 4. The van der Waals surface area contributed by atoms with Crippen LogP contribution in [0.2, 0.25) is 0 Å². The molecule has 51 heavy (non-hydrogen) atoms. The maximum Gasteiger partial charge on any atom is 0.181 e. The number of benzene rings is 4. The fourth-order valence-electron chi connectivity index (χ4n) is 8.75. The summed E-state index contributed by atoms with van der Waals surface area (Å²) < 4.78 is 4.73. The molecule has 0 aliphatic carbocycles. The van der Waals surface area contributed by atoms with E-state index in [4.69, 9.17) is 0 Å². The number of pyridine rings is 4. The Balaban J connectivity index is 1.23. The van der Waals surface area contributed by atoms with Crippen LogP contribution in [0.4, 0.5) is 0 Å². The van der Waals surface area contributed by atoms with Crippen LogP contribution in [-0.2, 0) is 0 Å². The van der Waals surface area contributed by atoms with E-state index in [-0.39, 0.29) is 0 Å². The van der Waals surface area contributed by atoms with E-state index in [2.05, 4.69) is 150 Å². The molecule has 0 saturated heterocycles. The van der Waals surface area contributed by atoms with Gasteiger partial charge in [0.25, 0.3) is 0 Å². The van der Waals surface area contributed by atoms with Crippen molar-refractivity contribution in [3.63, 3.8) is 0 Å². The van der Waals surface area contributed by atoms with Crippen LogP contribution in [0, 0.1) is 0 Å². The average Bonchev–Trinajstić information content (AvgIpc) is 3.83. The van der Waals surface area contributed by atoms with Crippen molar-refractivity contribution in [1.82, 2.24) is 29.1 Å². The molecule has 0 saturated carbocycles. The highest BCUT2D eigenvalue weighted by molar-refractivity contribution is 7.22. The summed E-state index contributed by atoms with van der Waals surface area (Å²) in [5.41, 5.74) is 9.35. The standard InChI is InChI=1S/C44H28N6Si/c1-3-13-43-33(11-1)34-12-2-4-14-44(34)51(43,31-9-5-7-29(23-31)49-39-15-19-45-25-35(39)36-26-46-20-16-40(36)49)32-10-6-8-30(24-32)50-41-17-21-47-27-37(41)38-28-48-22-18-42(38)50/h1-28H. The second kappa shape index (κ2) is 10.6. The molecule has 6 nitrogen and oxygen atoms in total. The minimum atomic E-state index is -2.86. The zero-order valence-electron chi connectivity index (χ0n) is 27.3. The van der Waals surface area contributed by atoms with Gasteiger partial charge in [0.05, 0.1) is 22.1 Å². The van der Waals surface area contributed by atoms with Crippen LogP contribution < -0.4 is 20.7 Å². The van der Waals surface area contributed by atoms with Crippen molar-refractivity contribution in [2.75, 3.05) is 0 Å². The number of fused-ring (bicyclic) bond motifs is 9. The van der Waals surface area contributed by atoms with Crippen LogP contribution in [0.25, 0.3) is 66.1 Å². The Morgan fingerprint density at radius 1 is 0.373 bits per heavy atom. The predicted molar refractivity (Wildman–Crippen MR) is 209 cm³/mol. The SMILES string of the molecule is c1cc(-n2c3ccncc3c3cnccc32)cc([Si]2(c3cccc(-n4c5ccncc5c5cnccc54)c3)c3ccccc3-c3ccccc32)c1. The molecule has 0 radical (unpaired) electrons. The molecule has 0 fully saturated rings. The minimum absolute atomic E-state index is 1.10. The monoisotopic (exact) mass is 668 g/mol. The van der Waals surface area contributed by atoms with Crippen molar-refractivity contribution in [3.05, 3.63) is 171 Å². The van der Waals surface area contributed by atoms with Crippen molar-refractivity contribution in [2.45, 2.75) is 0 Å². The van der Waals surface area contributed by atoms with Gasteiger partial charge in [-0.05, 0) is 80.4 Å². The van der Waals surface area contributed by atoms with Gasteiger partial charge in [-0.25, -0.2) is 0 Å². The molecule has 0 amide bonds. The third-order valence-electron chi connectivity index (χ3n) is 10.8. The maximum atomic E-state index is 4.48. The van der Waals surface area contributed by atoms with Gasteiger partial charge in [0.2, 0.25) is 0 Å². The molecule has 0 bridgehead atoms. The highest BCUT2D eigenvalue weighted by Gasteiger charge is 2.48. The Morgan fingerprint density at radius 2 is 0.745 bits per heavy atom. The van der Waals surface area contributed by atoms with E-state index in [0.717, 1.165) is 55.0 Å². The van der Waals surface area contributed by atoms with Gasteiger partial charge in [-0.15, -0.1) is 0 Å². The van der Waals surface area contributed by atoms with Gasteiger partial charge in [0, 0.05) is 82.5 Å². The zero-order valence-corrected chi connectivity index (χ0v) is 28.3. The lowest BCUT2D eigenvalue weighted by molar-refractivity contribution is 1.17. The molecule has 1 aliphatic heterocycles. The van der Waals surface area contributed by atoms with Crippen LogP contribution in [-0.4, -0.2) is 37.1 Å². The van der Waals surface area contributed by atoms with E-state index in [0.29, 0.717) is 0 Å². The van der Waals surface area contributed by atoms with Gasteiger partial charge in [0.1, 0.15) is 0 Å². The van der Waals surface area contributed by atoms with Crippen molar-refractivity contribution in [3.8, 4) is 22.5 Å². The first-order valence-corrected chi connectivity index (χ1v) is 19.1. The molecule has 6 aromatic heterocycles. The third-order valence-corrected chi connectivity index (χ3v) is 15.6. The van der Waals surface area contributed by atoms with E-state index in [1.54, 1.807) is 0 Å². The van der Waals surface area contributed by atoms with E-state index in [1.807, 2.05) is 49.6 Å². The molecule has 0 N–H and O–H groups in total. The van der Waals surface area contributed by atoms with Crippen LogP contribution in [0.15, 0.2) is 171 Å². The topological polar surface area (TPSA) is 61.4 Å². The van der Waals surface area contributed by atoms with Gasteiger partial charge < -0.3 is 9.13 Å². The van der Waals surface area contributed by atoms with Crippen LogP contribution in [0.5, 0.6) is 0 Å². The molecule has 10 aromatic rings. The average molecular weight is 669 g/mol. The second-order valence-electron chi connectivity index (χ2n) is 13.2. The van der Waals surface area contributed by atoms with E-state index in [1.165, 1.54) is 31.9 Å². The molecule has 11 rings (SSSR count). The molecule has 7 heterocycles. The lowest BCUT2D eigenvalue weighted by Crippen LogP contribution is -2.72. The molecule has 238 valence electrons. The molecule has 4 aromatic carbocycles. The lowest BCUT2D eigenvalue weighted by Gasteiger charge is -2.32. The third kappa shape index (κ3) is 3.81. The summed E-state index contributed by atoms with van der Waals surface area (Å²) in [6.45, 7) is 0. The van der Waals surface area contributed by atoms with Crippen LogP contribution >= 0.6 is 0 Å². The van der Waals surface area contributed by atoms with Crippen LogP contribution in [0.3, 0.4) is 0 Å². The van der Waals surface area contributed by atoms with Gasteiger partial charge >= 0.3 is 0 Å². The molecule has 0 spiro atoms. The summed E-state index contributed by atoms with van der Waals surface area (Å²) in [7, 11) is -2.86. The first kappa shape index (κ1) is 28.2. The highest BCUT2D eigenvalue weighted by atomic mass is 28.3. The van der Waals surface area contributed by atoms with Gasteiger partial charge in [0.15, 0.2) is 8.07 Å². The quantitative estimate of drug-likeness (QED) is 0.193. The molecule has 1 aliphatic rings. The smallest absolute Gasteiger partial charge is 0.181 e. The Hall–Kier alpha value is -6.70. The van der Waals surface area contributed by atoms with Crippen molar-refractivity contribution < 1.29 is 0 Å². The Kier molecular flexibility index (Phi) is 5.88. The first-order valence-electron chi connectivity index (χ1n) is 17.1. The second-order valence-corrected chi connectivity index (χ2v) is 16.9. The van der Waals surface area contributed by atoms with Gasteiger partial charge in [-0.1, -0.05) is 72.8 Å². The number of nitrogens with zero attached hydrogens (tertiary/aromatic N) is 6. The summed E-state index contributed by atoms with van der Waals surface area (Å²) in [5.74, 6) is 0. The highest BCUT2D eigenvalue weighted by Crippen LogP contribution is 2.34. The van der Waals surface area contributed by atoms with E-state index < -0.39 is 8.07 Å². The summed E-state index contributed by atoms with van der Waals surface area (Å²) in [5, 5.41) is 9.88. The van der Waals surface area contributed by atoms with Crippen molar-refractivity contribution in [2.24, 2.45) is 0 Å². The largest absolute Gasteiger partial charge is 0.309 e. The number of rotatable bonds is 4. The number of aromatic nitrogens is 6. The summed E-state index contributed by atoms with van der Waals surface area (Å²) >= 11 is 0. The van der Waals surface area contributed by atoms with E-state index >= 15 is 0 Å². The Labute approximate surface area is 294 Å². The fourth-order valence-corrected chi connectivity index (χ4v) is 14.0. The number of hydrogen-bond donors (Lipinski definition) is 0. The zero-order chi connectivity index (χ0) is 33.5. The molecule has 0 atom stereocenters. The van der Waals surface area contributed by atoms with Gasteiger partial charge in [-0.3, -0.25) is 19.9 Å². The van der Waals surface area contributed by atoms with Gasteiger partial charge in [-0.2, -0.15) is 0 Å².